The topological polar surface area (TPSA) is 66.6 Å². The van der Waals surface area contributed by atoms with Crippen LogP contribution in [0.5, 0.6) is 0 Å². The van der Waals surface area contributed by atoms with Crippen LogP contribution in [0.25, 0.3) is 0 Å². The number of likely N-dealkylation sites (N-methyl/N-ethyl adjacent to an activating group) is 1. The van der Waals surface area contributed by atoms with Gasteiger partial charge in [-0.1, -0.05) is 37.3 Å². The molecule has 0 fully saturated rings. The van der Waals surface area contributed by atoms with Crippen LogP contribution in [0, 0.1) is 5.92 Å². The Hall–Kier alpha value is -1.39. The van der Waals surface area contributed by atoms with Crippen molar-refractivity contribution in [1.29, 1.82) is 0 Å². The molecule has 0 heterocycles. The molecule has 0 aliphatic rings. The van der Waals surface area contributed by atoms with Crippen LogP contribution in [-0.4, -0.2) is 35.6 Å². The first-order valence-electron chi connectivity index (χ1n) is 6.17. The number of carbonyl (C=O) groups excluding carboxylic acids is 1. The zero-order valence-corrected chi connectivity index (χ0v) is 11.2. The first kappa shape index (κ1) is 14.7. The Morgan fingerprint density at radius 3 is 2.39 bits per heavy atom. The molecule has 100 valence electrons. The zero-order chi connectivity index (χ0) is 13.7. The monoisotopic (exact) mass is 250 g/mol. The molecule has 3 N–H and O–H groups in total. The van der Waals surface area contributed by atoms with Crippen LogP contribution in [-0.2, 0) is 4.79 Å². The van der Waals surface area contributed by atoms with Gasteiger partial charge in [0.1, 0.15) is 0 Å². The molecule has 0 saturated carbocycles. The number of rotatable bonds is 5. The number of aliphatic hydroxyl groups is 1. The minimum atomic E-state index is -0.327. The summed E-state index contributed by atoms with van der Waals surface area (Å²) in [5.74, 6) is -0.362. The highest BCUT2D eigenvalue weighted by molar-refractivity contribution is 5.79. The molecule has 0 aliphatic carbocycles. The molecule has 0 aromatic heterocycles. The minimum absolute atomic E-state index is 0.0461. The highest BCUT2D eigenvalue weighted by Crippen LogP contribution is 2.21. The molecule has 18 heavy (non-hydrogen) atoms. The van der Waals surface area contributed by atoms with Gasteiger partial charge < -0.3 is 15.7 Å². The summed E-state index contributed by atoms with van der Waals surface area (Å²) in [5.41, 5.74) is 7.06. The van der Waals surface area contributed by atoms with Gasteiger partial charge in [0, 0.05) is 13.1 Å². The lowest BCUT2D eigenvalue weighted by molar-refractivity contribution is -0.136. The van der Waals surface area contributed by atoms with E-state index in [1.165, 1.54) is 0 Å². The van der Waals surface area contributed by atoms with Crippen LogP contribution in [0.3, 0.4) is 0 Å². The summed E-state index contributed by atoms with van der Waals surface area (Å²) in [6.45, 7) is 3.58. The summed E-state index contributed by atoms with van der Waals surface area (Å²) in [5, 5.41) is 9.07. The number of benzene rings is 1. The molecular formula is C14H22N2O2. The Morgan fingerprint density at radius 1 is 1.33 bits per heavy atom. The molecule has 1 rings (SSSR count). The zero-order valence-electron chi connectivity index (χ0n) is 11.2. The maximum Gasteiger partial charge on any atom is 0.227 e. The van der Waals surface area contributed by atoms with E-state index in [1.807, 2.05) is 37.3 Å². The quantitative estimate of drug-likeness (QED) is 0.824. The summed E-state index contributed by atoms with van der Waals surface area (Å²) in [6.07, 6.45) is 0. The predicted octanol–water partition coefficient (Wildman–Crippen LogP) is 1.16. The van der Waals surface area contributed by atoms with E-state index in [4.69, 9.17) is 10.8 Å². The lowest BCUT2D eigenvalue weighted by atomic mass is 9.94. The molecule has 4 nitrogen and oxygen atoms in total. The number of hydrogen-bond donors (Lipinski definition) is 2. The van der Waals surface area contributed by atoms with Crippen LogP contribution < -0.4 is 5.73 Å². The highest BCUT2D eigenvalue weighted by Gasteiger charge is 2.26. The summed E-state index contributed by atoms with van der Waals surface area (Å²) >= 11 is 0. The molecule has 4 heteroatoms. The second-order valence-electron chi connectivity index (χ2n) is 4.71. The van der Waals surface area contributed by atoms with Gasteiger partial charge in [0.2, 0.25) is 5.91 Å². The van der Waals surface area contributed by atoms with E-state index in [0.717, 1.165) is 5.56 Å². The van der Waals surface area contributed by atoms with Crippen LogP contribution in [0.4, 0.5) is 0 Å². The molecule has 1 aromatic rings. The Kier molecular flexibility index (Phi) is 5.31. The van der Waals surface area contributed by atoms with E-state index in [2.05, 4.69) is 0 Å². The van der Waals surface area contributed by atoms with Crippen LogP contribution in [0.15, 0.2) is 30.3 Å². The number of aliphatic hydroxyl groups excluding tert-OH is 1. The number of carbonyl (C=O) groups is 1. The van der Waals surface area contributed by atoms with Gasteiger partial charge >= 0.3 is 0 Å². The summed E-state index contributed by atoms with van der Waals surface area (Å²) in [6, 6.07) is 9.06. The highest BCUT2D eigenvalue weighted by atomic mass is 16.3. The normalized spacial score (nSPS) is 15.8. The first-order chi connectivity index (χ1) is 8.49. The lowest BCUT2D eigenvalue weighted by Gasteiger charge is -2.29. The van der Waals surface area contributed by atoms with Crippen molar-refractivity contribution < 1.29 is 9.90 Å². The Morgan fingerprint density at radius 2 is 1.89 bits per heavy atom. The maximum atomic E-state index is 12.2. The third-order valence-corrected chi connectivity index (χ3v) is 3.39. The molecule has 1 aromatic carbocycles. The van der Waals surface area contributed by atoms with E-state index in [9.17, 15) is 4.79 Å². The van der Waals surface area contributed by atoms with Crippen molar-refractivity contribution in [2.75, 3.05) is 13.7 Å². The summed E-state index contributed by atoms with van der Waals surface area (Å²) < 4.78 is 0. The van der Waals surface area contributed by atoms with E-state index >= 15 is 0 Å². The Labute approximate surface area is 108 Å². The molecule has 0 radical (unpaired) electrons. The van der Waals surface area contributed by atoms with Crippen molar-refractivity contribution in [3.05, 3.63) is 35.9 Å². The molecule has 0 saturated heterocycles. The number of amides is 1. The van der Waals surface area contributed by atoms with Gasteiger partial charge in [-0.05, 0) is 12.5 Å². The van der Waals surface area contributed by atoms with Crippen molar-refractivity contribution in [3.8, 4) is 0 Å². The van der Waals surface area contributed by atoms with Crippen LogP contribution in [0.2, 0.25) is 0 Å². The fourth-order valence-corrected chi connectivity index (χ4v) is 1.78. The molecular weight excluding hydrogens is 228 g/mol. The van der Waals surface area contributed by atoms with Crippen molar-refractivity contribution in [2.45, 2.75) is 25.9 Å². The second kappa shape index (κ2) is 6.52. The summed E-state index contributed by atoms with van der Waals surface area (Å²) in [4.78, 5) is 13.7. The average molecular weight is 250 g/mol. The smallest absolute Gasteiger partial charge is 0.227 e. The van der Waals surface area contributed by atoms with Crippen molar-refractivity contribution in [3.63, 3.8) is 0 Å². The van der Waals surface area contributed by atoms with Gasteiger partial charge in [0.15, 0.2) is 0 Å². The number of nitrogens with zero attached hydrogens (tertiary/aromatic N) is 1. The fourth-order valence-electron chi connectivity index (χ4n) is 1.78. The van der Waals surface area contributed by atoms with E-state index in [0.29, 0.717) is 0 Å². The molecule has 1 amide bonds. The maximum absolute atomic E-state index is 12.2. The molecule has 3 unspecified atom stereocenters. The van der Waals surface area contributed by atoms with Gasteiger partial charge in [-0.2, -0.15) is 0 Å². The Bertz CT molecular complexity index is 381. The SMILES string of the molecule is CC(C(=O)N(C)C(C)CO)C(N)c1ccccc1. The molecule has 3 atom stereocenters. The van der Waals surface area contributed by atoms with Gasteiger partial charge in [-0.3, -0.25) is 4.79 Å². The van der Waals surface area contributed by atoms with Gasteiger partial charge in [0.05, 0.1) is 18.6 Å². The third-order valence-electron chi connectivity index (χ3n) is 3.39. The predicted molar refractivity (Wildman–Crippen MR) is 71.9 cm³/mol. The van der Waals surface area contributed by atoms with Crippen LogP contribution in [0.1, 0.15) is 25.5 Å². The van der Waals surface area contributed by atoms with Gasteiger partial charge in [0.25, 0.3) is 0 Å². The van der Waals surface area contributed by atoms with Gasteiger partial charge in [-0.25, -0.2) is 0 Å². The second-order valence-corrected chi connectivity index (χ2v) is 4.71. The third kappa shape index (κ3) is 3.31. The first-order valence-corrected chi connectivity index (χ1v) is 6.17. The largest absolute Gasteiger partial charge is 0.394 e. The average Bonchev–Trinajstić information content (AvgIpc) is 2.44. The van der Waals surface area contributed by atoms with Crippen molar-refractivity contribution in [2.24, 2.45) is 11.7 Å². The molecule has 0 aliphatic heterocycles. The minimum Gasteiger partial charge on any atom is -0.394 e. The van der Waals surface area contributed by atoms with Crippen LogP contribution >= 0.6 is 0 Å². The van der Waals surface area contributed by atoms with E-state index in [-0.39, 0.29) is 30.5 Å². The van der Waals surface area contributed by atoms with Crippen molar-refractivity contribution in [1.82, 2.24) is 4.90 Å². The van der Waals surface area contributed by atoms with Gasteiger partial charge in [-0.15, -0.1) is 0 Å². The number of hydrogen-bond acceptors (Lipinski definition) is 3. The molecule has 0 bridgehead atoms. The standard InChI is InChI=1S/C14H22N2O2/c1-10(9-17)16(3)14(18)11(2)13(15)12-7-5-4-6-8-12/h4-8,10-11,13,17H,9,15H2,1-3H3. The van der Waals surface area contributed by atoms with Crippen molar-refractivity contribution >= 4 is 5.91 Å². The lowest BCUT2D eigenvalue weighted by Crippen LogP contribution is -2.43. The number of nitrogens with two attached hydrogens (primary N) is 1. The van der Waals surface area contributed by atoms with E-state index in [1.54, 1.807) is 18.9 Å². The summed E-state index contributed by atoms with van der Waals surface area (Å²) in [7, 11) is 1.69. The van der Waals surface area contributed by atoms with E-state index < -0.39 is 0 Å². The Balaban J connectivity index is 2.75. The fraction of sp³-hybridized carbons (Fsp3) is 0.500. The molecule has 0 spiro atoms.